The van der Waals surface area contributed by atoms with Gasteiger partial charge in [-0.25, -0.2) is 0 Å². The van der Waals surface area contributed by atoms with Crippen LogP contribution in [-0.4, -0.2) is 131 Å². The zero-order chi connectivity index (χ0) is 28.2. The number of hydrogen-bond acceptors (Lipinski definition) is 9. The van der Waals surface area contributed by atoms with E-state index in [1.807, 2.05) is 61.0 Å². The summed E-state index contributed by atoms with van der Waals surface area (Å²) in [6, 6.07) is 6.25. The Balaban J connectivity index is -0.000000190. The van der Waals surface area contributed by atoms with Crippen LogP contribution in [0.15, 0.2) is 29.2 Å². The van der Waals surface area contributed by atoms with E-state index in [0.29, 0.717) is 12.0 Å². The van der Waals surface area contributed by atoms with E-state index in [0.717, 1.165) is 31.6 Å². The highest BCUT2D eigenvalue weighted by Crippen LogP contribution is 2.08. The quantitative estimate of drug-likeness (QED) is 0.247. The number of benzene rings is 1. The Morgan fingerprint density at radius 1 is 0.806 bits per heavy atom. The second-order valence-corrected chi connectivity index (χ2v) is 10.9. The Labute approximate surface area is 220 Å². The lowest BCUT2D eigenvalue weighted by molar-refractivity contribution is 0.204. The highest BCUT2D eigenvalue weighted by Gasteiger charge is 2.06. The molecule has 0 heterocycles. The molecule has 1 aromatic carbocycles. The number of aryl methyl sites for hydroxylation is 1. The van der Waals surface area contributed by atoms with Crippen LogP contribution in [-0.2, 0) is 10.1 Å². The predicted molar refractivity (Wildman–Crippen MR) is 150 cm³/mol. The number of hydrogen-bond donors (Lipinski definition) is 5. The molecule has 0 aliphatic rings. The van der Waals surface area contributed by atoms with Gasteiger partial charge in [-0.15, -0.1) is 0 Å². The smallest absolute Gasteiger partial charge is 0.294 e. The first-order chi connectivity index (χ1) is 16.0. The molecule has 1 rings (SSSR count). The normalized spacial score (nSPS) is 13.2. The molecule has 1 aromatic rings. The SMILES string of the molecule is CC[C@H](N)CN(C)C.CN(C)C[C@@H](N)CO.C[C@@H](CO)CN(C)C.Cc1ccc(S(=O)(=O)O)cc1.O. The lowest BCUT2D eigenvalue weighted by atomic mass is 10.2. The number of aliphatic hydroxyl groups is 2. The molecule has 0 fully saturated rings. The van der Waals surface area contributed by atoms with Gasteiger partial charge in [0.05, 0.1) is 11.5 Å². The van der Waals surface area contributed by atoms with Crippen LogP contribution in [0.4, 0.5) is 0 Å². The third kappa shape index (κ3) is 30.8. The van der Waals surface area contributed by atoms with E-state index in [1.54, 1.807) is 12.1 Å². The molecule has 0 spiro atoms. The first kappa shape index (κ1) is 41.9. The van der Waals surface area contributed by atoms with E-state index in [4.69, 9.17) is 26.2 Å². The number of nitrogens with two attached hydrogens (primary N) is 2. The molecule has 0 aliphatic carbocycles. The third-order valence-corrected chi connectivity index (χ3v) is 5.13. The van der Waals surface area contributed by atoms with Gasteiger partial charge in [-0.3, -0.25) is 4.55 Å². The fourth-order valence-corrected chi connectivity index (χ4v) is 3.00. The molecule has 0 bridgehead atoms. The summed E-state index contributed by atoms with van der Waals surface area (Å²) in [4.78, 5) is 6.05. The maximum absolute atomic E-state index is 10.5. The molecule has 218 valence electrons. The van der Waals surface area contributed by atoms with Crippen molar-refractivity contribution in [2.75, 3.05) is 75.1 Å². The van der Waals surface area contributed by atoms with Gasteiger partial charge in [0.25, 0.3) is 10.1 Å². The van der Waals surface area contributed by atoms with E-state index in [9.17, 15) is 8.42 Å². The molecule has 0 saturated heterocycles. The van der Waals surface area contributed by atoms with E-state index >= 15 is 0 Å². The fourth-order valence-electron chi connectivity index (χ4n) is 2.52. The van der Waals surface area contributed by atoms with Gasteiger partial charge in [-0.05, 0) is 73.7 Å². The summed E-state index contributed by atoms with van der Waals surface area (Å²) >= 11 is 0. The van der Waals surface area contributed by atoms with E-state index in [-0.39, 0.29) is 29.6 Å². The average molecular weight is 542 g/mol. The Hall–Kier alpha value is -1.19. The number of nitrogens with zero attached hydrogens (tertiary/aromatic N) is 3. The number of aliphatic hydroxyl groups excluding tert-OH is 2. The molecular weight excluding hydrogens is 486 g/mol. The molecule has 3 atom stereocenters. The first-order valence-corrected chi connectivity index (χ1v) is 13.1. The summed E-state index contributed by atoms with van der Waals surface area (Å²) in [5, 5.41) is 17.0. The van der Waals surface area contributed by atoms with Crippen molar-refractivity contribution in [1.29, 1.82) is 0 Å². The minimum Gasteiger partial charge on any atom is -0.412 e. The lowest BCUT2D eigenvalue weighted by Gasteiger charge is -2.13. The van der Waals surface area contributed by atoms with Crippen LogP contribution in [0.25, 0.3) is 0 Å². The second kappa shape index (κ2) is 24.2. The Morgan fingerprint density at radius 3 is 1.39 bits per heavy atom. The summed E-state index contributed by atoms with van der Waals surface area (Å²) in [6.07, 6.45) is 1.07. The van der Waals surface area contributed by atoms with Crippen LogP contribution in [0.1, 0.15) is 25.8 Å². The molecule has 0 aliphatic heterocycles. The van der Waals surface area contributed by atoms with Crippen LogP contribution in [0, 0.1) is 12.8 Å². The highest BCUT2D eigenvalue weighted by molar-refractivity contribution is 7.85. The van der Waals surface area contributed by atoms with Gasteiger partial charge in [0, 0.05) is 38.3 Å². The average Bonchev–Trinajstić information content (AvgIpc) is 2.73. The predicted octanol–water partition coefficient (Wildman–Crippen LogP) is -0.254. The summed E-state index contributed by atoms with van der Waals surface area (Å²) in [5.41, 5.74) is 12.0. The van der Waals surface area contributed by atoms with Crippen LogP contribution in [0.5, 0.6) is 0 Å². The molecule has 0 unspecified atom stereocenters. The summed E-state index contributed by atoms with van der Waals surface area (Å²) in [6.45, 7) is 9.04. The van der Waals surface area contributed by atoms with Gasteiger partial charge < -0.3 is 41.9 Å². The molecule has 9 N–H and O–H groups in total. The fraction of sp³-hybridized carbons (Fsp3) is 0.750. The Morgan fingerprint density at radius 2 is 1.19 bits per heavy atom. The zero-order valence-corrected chi connectivity index (χ0v) is 24.7. The molecule has 0 radical (unpaired) electrons. The Bertz CT molecular complexity index is 665. The van der Waals surface area contributed by atoms with Crippen molar-refractivity contribution in [1.82, 2.24) is 14.7 Å². The molecule has 0 saturated carbocycles. The van der Waals surface area contributed by atoms with Crippen molar-refractivity contribution in [3.63, 3.8) is 0 Å². The summed E-state index contributed by atoms with van der Waals surface area (Å²) < 4.78 is 29.6. The maximum Gasteiger partial charge on any atom is 0.294 e. The van der Waals surface area contributed by atoms with Gasteiger partial charge in [0.1, 0.15) is 0 Å². The monoisotopic (exact) mass is 541 g/mol. The maximum atomic E-state index is 10.5. The van der Waals surface area contributed by atoms with Gasteiger partial charge in [0.2, 0.25) is 0 Å². The topological polar surface area (TPSA) is 188 Å². The van der Waals surface area contributed by atoms with Crippen LogP contribution >= 0.6 is 0 Å². The van der Waals surface area contributed by atoms with Crippen molar-refractivity contribution in [2.24, 2.45) is 17.4 Å². The van der Waals surface area contributed by atoms with Gasteiger partial charge >= 0.3 is 0 Å². The second-order valence-electron chi connectivity index (χ2n) is 9.47. The van der Waals surface area contributed by atoms with E-state index < -0.39 is 10.1 Å². The lowest BCUT2D eigenvalue weighted by Crippen LogP contribution is -2.35. The van der Waals surface area contributed by atoms with Crippen molar-refractivity contribution in [2.45, 2.75) is 44.2 Å². The largest absolute Gasteiger partial charge is 0.412 e. The van der Waals surface area contributed by atoms with Crippen molar-refractivity contribution < 1.29 is 28.7 Å². The highest BCUT2D eigenvalue weighted by atomic mass is 32.2. The van der Waals surface area contributed by atoms with Crippen molar-refractivity contribution in [3.05, 3.63) is 29.8 Å². The van der Waals surface area contributed by atoms with Crippen LogP contribution < -0.4 is 11.5 Å². The van der Waals surface area contributed by atoms with E-state index in [1.165, 1.54) is 12.1 Å². The van der Waals surface area contributed by atoms with Gasteiger partial charge in [-0.1, -0.05) is 31.5 Å². The standard InChI is InChI=1S/C7H8O3S.C6H16N2.C6H15NO.C5H14N2O.H2O/c1-6-2-4-7(5-3-6)11(8,9)10;1-4-6(7)5-8(2)3;1-6(5-8)4-7(2)3;1-7(2)3-5(6)4-8;/h2-5H,1H3,(H,8,9,10);6H,4-5,7H2,1-3H3;6,8H,4-5H2,1-3H3;5,8H,3-4,6H2,1-2H3;1H2/t;2*6-;5-;/m.011./s1. The summed E-state index contributed by atoms with van der Waals surface area (Å²) in [7, 11) is 7.92. The summed E-state index contributed by atoms with van der Waals surface area (Å²) in [5.74, 6) is 0.407. The van der Waals surface area contributed by atoms with Crippen LogP contribution in [0.3, 0.4) is 0 Å². The molecule has 0 aromatic heterocycles. The minimum atomic E-state index is -4.02. The molecule has 12 heteroatoms. The van der Waals surface area contributed by atoms with Gasteiger partial charge in [0.15, 0.2) is 0 Å². The van der Waals surface area contributed by atoms with Crippen molar-refractivity contribution in [3.8, 4) is 0 Å². The van der Waals surface area contributed by atoms with E-state index in [2.05, 4.69) is 16.7 Å². The minimum absolute atomic E-state index is 0. The van der Waals surface area contributed by atoms with Gasteiger partial charge in [-0.2, -0.15) is 8.42 Å². The first-order valence-electron chi connectivity index (χ1n) is 11.7. The molecule has 0 amide bonds. The molecule has 36 heavy (non-hydrogen) atoms. The van der Waals surface area contributed by atoms with Crippen molar-refractivity contribution >= 4 is 10.1 Å². The number of likely N-dealkylation sites (N-methyl/N-ethyl adjacent to an activating group) is 2. The molecule has 11 nitrogen and oxygen atoms in total. The molecular formula is C24H55N5O6S. The van der Waals surface area contributed by atoms with Crippen LogP contribution in [0.2, 0.25) is 0 Å². The Kier molecular flexibility index (Phi) is 28.1. The third-order valence-electron chi connectivity index (χ3n) is 4.27. The zero-order valence-electron chi connectivity index (χ0n) is 23.8. The number of rotatable bonds is 10.